The number of unbranched alkanes of at least 4 members (excludes halogenated alkanes) is 2. The molecule has 0 aliphatic carbocycles. The Hall–Kier alpha value is -1.42. The highest BCUT2D eigenvalue weighted by atomic mass is 28.4. The Kier molecular flexibility index (Phi) is 11.7. The molecule has 2 rings (SSSR count). The molecule has 0 fully saturated rings. The quantitative estimate of drug-likeness (QED) is 0.198. The van der Waals surface area contributed by atoms with Gasteiger partial charge in [0.05, 0.1) is 6.61 Å². The molecule has 0 saturated heterocycles. The van der Waals surface area contributed by atoms with Gasteiger partial charge in [0.1, 0.15) is 0 Å². The molecule has 0 bridgehead atoms. The highest BCUT2D eigenvalue weighted by Crippen LogP contribution is 2.43. The maximum absolute atomic E-state index is 7.22. The Morgan fingerprint density at radius 2 is 1.19 bits per heavy atom. The average Bonchev–Trinajstić information content (AvgIpc) is 2.77. The molecule has 0 aliphatic rings. The van der Waals surface area contributed by atoms with Crippen LogP contribution < -0.4 is 0 Å². The molecular weight excluding hydrogens is 408 g/mol. The number of hydrogen-bond donors (Lipinski definition) is 0. The Morgan fingerprint density at radius 3 is 1.72 bits per heavy atom. The lowest BCUT2D eigenvalue weighted by Crippen LogP contribution is -2.50. The van der Waals surface area contributed by atoms with Gasteiger partial charge in [0.15, 0.2) is 0 Å². The van der Waals surface area contributed by atoms with E-state index in [2.05, 4.69) is 96.1 Å². The lowest BCUT2D eigenvalue weighted by molar-refractivity contribution is 0.114. The van der Waals surface area contributed by atoms with Crippen molar-refractivity contribution in [1.29, 1.82) is 0 Å². The molecule has 0 N–H and O–H groups in total. The summed E-state index contributed by atoms with van der Waals surface area (Å²) < 4.78 is 13.1. The smallest absolute Gasteiger partial charge is 0.200 e. The van der Waals surface area contributed by atoms with E-state index >= 15 is 0 Å². The minimum atomic E-state index is -1.89. The van der Waals surface area contributed by atoms with Gasteiger partial charge in [-0.1, -0.05) is 115 Å². The van der Waals surface area contributed by atoms with E-state index < -0.39 is 8.32 Å². The first-order chi connectivity index (χ1) is 15.4. The lowest BCUT2D eigenvalue weighted by Gasteiger charge is -2.45. The van der Waals surface area contributed by atoms with Gasteiger partial charge in [0, 0.05) is 12.7 Å². The Bertz CT molecular complexity index is 706. The molecule has 2 aromatic carbocycles. The molecule has 1 unspecified atom stereocenters. The van der Waals surface area contributed by atoms with Crippen LogP contribution in [0.2, 0.25) is 16.6 Å². The largest absolute Gasteiger partial charge is 0.413 e. The number of rotatable bonds is 15. The van der Waals surface area contributed by atoms with E-state index in [9.17, 15) is 0 Å². The summed E-state index contributed by atoms with van der Waals surface area (Å²) in [6, 6.07) is 21.3. The lowest BCUT2D eigenvalue weighted by atomic mass is 10.0. The van der Waals surface area contributed by atoms with Crippen molar-refractivity contribution in [3.8, 4) is 0 Å². The molecule has 2 aromatic rings. The van der Waals surface area contributed by atoms with Crippen LogP contribution >= 0.6 is 0 Å². The first-order valence-corrected chi connectivity index (χ1v) is 14.8. The van der Waals surface area contributed by atoms with E-state index in [1.807, 2.05) is 6.07 Å². The molecule has 0 radical (unpaired) electrons. The number of hydrogen-bond acceptors (Lipinski definition) is 2. The Balaban J connectivity index is 1.90. The van der Waals surface area contributed by atoms with Gasteiger partial charge in [-0.15, -0.1) is 0 Å². The van der Waals surface area contributed by atoms with Gasteiger partial charge >= 0.3 is 0 Å². The number of ether oxygens (including phenoxy) is 1. The summed E-state index contributed by atoms with van der Waals surface area (Å²) in [6.07, 6.45) is 5.97. The fourth-order valence-electron chi connectivity index (χ4n) is 5.29. The third kappa shape index (κ3) is 8.17. The van der Waals surface area contributed by atoms with Crippen LogP contribution in [0, 0.1) is 0 Å². The molecule has 0 heterocycles. The van der Waals surface area contributed by atoms with E-state index in [0.29, 0.717) is 29.3 Å². The van der Waals surface area contributed by atoms with Crippen LogP contribution in [0.15, 0.2) is 60.7 Å². The van der Waals surface area contributed by atoms with Crippen LogP contribution in [-0.4, -0.2) is 21.0 Å². The van der Waals surface area contributed by atoms with Gasteiger partial charge in [-0.2, -0.15) is 0 Å². The third-order valence-electron chi connectivity index (χ3n) is 6.81. The van der Waals surface area contributed by atoms with Gasteiger partial charge in [-0.05, 0) is 47.0 Å². The van der Waals surface area contributed by atoms with Crippen molar-refractivity contribution in [3.63, 3.8) is 0 Å². The maximum atomic E-state index is 7.22. The predicted molar refractivity (Wildman–Crippen MR) is 141 cm³/mol. The van der Waals surface area contributed by atoms with Gasteiger partial charge in [0.25, 0.3) is 0 Å². The molecule has 0 aliphatic heterocycles. The first kappa shape index (κ1) is 26.8. The zero-order valence-corrected chi connectivity index (χ0v) is 22.3. The molecule has 32 heavy (non-hydrogen) atoms. The summed E-state index contributed by atoms with van der Waals surface area (Å²) in [6.45, 7) is 15.9. The highest BCUT2D eigenvalue weighted by Gasteiger charge is 2.46. The minimum absolute atomic E-state index is 0.307. The zero-order valence-electron chi connectivity index (χ0n) is 21.3. The van der Waals surface area contributed by atoms with E-state index in [1.54, 1.807) is 0 Å². The van der Waals surface area contributed by atoms with Crippen molar-refractivity contribution in [2.45, 2.75) is 103 Å². The van der Waals surface area contributed by atoms with Crippen molar-refractivity contribution < 1.29 is 9.16 Å². The van der Waals surface area contributed by atoms with Crippen LogP contribution in [0.1, 0.15) is 78.4 Å². The topological polar surface area (TPSA) is 18.5 Å². The summed E-state index contributed by atoms with van der Waals surface area (Å²) in [5.74, 6) is 0. The molecule has 0 spiro atoms. The molecular formula is C29H46O2Si. The third-order valence-corrected chi connectivity index (χ3v) is 13.0. The van der Waals surface area contributed by atoms with Crippen molar-refractivity contribution in [3.05, 3.63) is 71.8 Å². The Labute approximate surface area is 198 Å². The Morgan fingerprint density at radius 1 is 0.656 bits per heavy atom. The summed E-state index contributed by atoms with van der Waals surface area (Å²) in [5, 5.41) is 0. The van der Waals surface area contributed by atoms with Gasteiger partial charge in [-0.3, -0.25) is 0 Å². The summed E-state index contributed by atoms with van der Waals surface area (Å²) in [5.41, 5.74) is 4.50. The molecule has 1 atom stereocenters. The molecule has 0 amide bonds. The summed E-state index contributed by atoms with van der Waals surface area (Å²) in [7, 11) is -1.89. The fourth-order valence-corrected chi connectivity index (χ4v) is 10.9. The zero-order chi connectivity index (χ0) is 23.4. The highest BCUT2D eigenvalue weighted by molar-refractivity contribution is 6.77. The fraction of sp³-hybridized carbons (Fsp3) is 0.586. The summed E-state index contributed by atoms with van der Waals surface area (Å²) >= 11 is 0. The van der Waals surface area contributed by atoms with Crippen LogP contribution in [0.5, 0.6) is 0 Å². The normalized spacial score (nSPS) is 13.3. The molecule has 2 nitrogen and oxygen atoms in total. The maximum Gasteiger partial charge on any atom is 0.200 e. The molecule has 0 saturated carbocycles. The predicted octanol–water partition coefficient (Wildman–Crippen LogP) is 8.57. The molecule has 3 heteroatoms. The van der Waals surface area contributed by atoms with Crippen LogP contribution in [0.4, 0.5) is 0 Å². The van der Waals surface area contributed by atoms with Crippen molar-refractivity contribution >= 4 is 8.32 Å². The molecule has 0 aromatic heterocycles. The van der Waals surface area contributed by atoms with Crippen molar-refractivity contribution in [2.75, 3.05) is 6.61 Å². The van der Waals surface area contributed by atoms with Crippen LogP contribution in [0.3, 0.4) is 0 Å². The second kappa shape index (κ2) is 14.0. The standard InChI is InChI=1S/C29H46O2Si/c1-24(2)32(25(3)4,26(5)6)31-29(22-27-16-10-7-11-17-27)20-14-9-15-21-30-23-28-18-12-8-13-19-28/h7-8,10-13,16-19,24-26,29H,9,14-15,20-23H2,1-6H3. The summed E-state index contributed by atoms with van der Waals surface area (Å²) in [4.78, 5) is 0. The molecule has 178 valence electrons. The van der Waals surface area contributed by atoms with Crippen molar-refractivity contribution in [1.82, 2.24) is 0 Å². The van der Waals surface area contributed by atoms with E-state index in [1.165, 1.54) is 24.0 Å². The SMILES string of the molecule is CC(C)[Si](OC(CCCCCOCc1ccccc1)Cc1ccccc1)(C(C)C)C(C)C. The van der Waals surface area contributed by atoms with Crippen LogP contribution in [-0.2, 0) is 22.2 Å². The average molecular weight is 455 g/mol. The van der Waals surface area contributed by atoms with Gasteiger partial charge in [-0.25, -0.2) is 0 Å². The monoisotopic (exact) mass is 454 g/mol. The van der Waals surface area contributed by atoms with E-state index in [0.717, 1.165) is 25.9 Å². The van der Waals surface area contributed by atoms with Crippen LogP contribution in [0.25, 0.3) is 0 Å². The van der Waals surface area contributed by atoms with Gasteiger partial charge in [0.2, 0.25) is 8.32 Å². The number of benzene rings is 2. The van der Waals surface area contributed by atoms with E-state index in [-0.39, 0.29) is 0 Å². The second-order valence-electron chi connectivity index (χ2n) is 10.1. The first-order valence-electron chi connectivity index (χ1n) is 12.7. The van der Waals surface area contributed by atoms with E-state index in [4.69, 9.17) is 9.16 Å². The minimum Gasteiger partial charge on any atom is -0.413 e. The van der Waals surface area contributed by atoms with Crippen molar-refractivity contribution in [2.24, 2.45) is 0 Å². The van der Waals surface area contributed by atoms with Gasteiger partial charge < -0.3 is 9.16 Å². The second-order valence-corrected chi connectivity index (χ2v) is 15.5.